The van der Waals surface area contributed by atoms with E-state index in [0.29, 0.717) is 12.5 Å². The maximum absolute atomic E-state index is 13.4. The second-order valence-electron chi connectivity index (χ2n) is 8.78. The highest BCUT2D eigenvalue weighted by Gasteiger charge is 2.76. The predicted octanol–water partition coefficient (Wildman–Crippen LogP) is 3.43. The molecule has 1 aromatic carbocycles. The van der Waals surface area contributed by atoms with Crippen LogP contribution in [0.5, 0.6) is 0 Å². The molecule has 1 aromatic rings. The molecule has 0 unspecified atom stereocenters. The number of amides is 2. The quantitative estimate of drug-likeness (QED) is 0.698. The van der Waals surface area contributed by atoms with Crippen LogP contribution in [0.2, 0.25) is 0 Å². The third-order valence-electron chi connectivity index (χ3n) is 6.39. The van der Waals surface area contributed by atoms with Gasteiger partial charge in [-0.3, -0.25) is 9.59 Å². The van der Waals surface area contributed by atoms with Crippen molar-refractivity contribution in [1.29, 1.82) is 5.26 Å². The van der Waals surface area contributed by atoms with E-state index in [1.54, 1.807) is 13.8 Å². The molecule has 3 fully saturated rings. The van der Waals surface area contributed by atoms with Crippen LogP contribution >= 0.6 is 0 Å². The van der Waals surface area contributed by atoms with Gasteiger partial charge in [-0.05, 0) is 45.9 Å². The van der Waals surface area contributed by atoms with Crippen LogP contribution in [0, 0.1) is 23.2 Å². The zero-order valence-electron chi connectivity index (χ0n) is 16.9. The van der Waals surface area contributed by atoms with Crippen LogP contribution in [-0.2, 0) is 25.2 Å². The molecule has 6 nitrogen and oxygen atoms in total. The van der Waals surface area contributed by atoms with E-state index < -0.39 is 58.3 Å². The fourth-order valence-corrected chi connectivity index (χ4v) is 5.27. The zero-order chi connectivity index (χ0) is 22.2. The molecular weight excluding hydrogens is 401 g/mol. The van der Waals surface area contributed by atoms with Crippen LogP contribution in [0.3, 0.4) is 0 Å². The van der Waals surface area contributed by atoms with Gasteiger partial charge in [0, 0.05) is 6.42 Å². The molecule has 0 spiro atoms. The molecule has 160 valence electrons. The molecule has 0 N–H and O–H groups in total. The molecule has 3 saturated heterocycles. The van der Waals surface area contributed by atoms with Gasteiger partial charge in [0.15, 0.2) is 0 Å². The Morgan fingerprint density at radius 1 is 1.23 bits per heavy atom. The number of fused-ring (bicyclic) bond motifs is 5. The summed E-state index contributed by atoms with van der Waals surface area (Å²) in [5.41, 5.74) is -3.94. The summed E-state index contributed by atoms with van der Waals surface area (Å²) in [5.74, 6) is -2.84. The van der Waals surface area contributed by atoms with Gasteiger partial charge in [0.25, 0.3) is 0 Å². The van der Waals surface area contributed by atoms with E-state index in [1.807, 2.05) is 13.8 Å². The third kappa shape index (κ3) is 2.70. The number of imide groups is 1. The molecule has 0 saturated carbocycles. The van der Waals surface area contributed by atoms with Crippen molar-refractivity contribution in [3.63, 3.8) is 0 Å². The molecule has 9 heteroatoms. The summed E-state index contributed by atoms with van der Waals surface area (Å²) in [7, 11) is 0. The lowest BCUT2D eigenvalue weighted by molar-refractivity contribution is -0.140. The van der Waals surface area contributed by atoms with Gasteiger partial charge in [-0.25, -0.2) is 4.90 Å². The highest BCUT2D eigenvalue weighted by Crippen LogP contribution is 2.62. The number of benzene rings is 1. The number of ether oxygens (including phenoxy) is 2. The Labute approximate surface area is 171 Å². The highest BCUT2D eigenvalue weighted by atomic mass is 19.4. The minimum Gasteiger partial charge on any atom is -0.372 e. The summed E-state index contributed by atoms with van der Waals surface area (Å²) in [6, 6.07) is 4.36. The Kier molecular flexibility index (Phi) is 4.36. The second kappa shape index (κ2) is 6.28. The molecule has 2 bridgehead atoms. The standard InChI is InChI=1S/C21H21F3N2O4/c1-10(2)29-14-8-19(3)15-16(20(14,4)30-19)18(28)26(17(15)27)12-6-5-11(9-25)13(7-12)21(22,23)24/h5-7,10,14-16H,8H2,1-4H3/t14-,15-,16+,19+,20-/m0/s1. The van der Waals surface area contributed by atoms with Crippen molar-refractivity contribution in [2.45, 2.75) is 63.7 Å². The van der Waals surface area contributed by atoms with E-state index in [0.717, 1.165) is 11.0 Å². The average Bonchev–Trinajstić information content (AvgIpc) is 3.14. The predicted molar refractivity (Wildman–Crippen MR) is 98.2 cm³/mol. The fraction of sp³-hybridized carbons (Fsp3) is 0.571. The van der Waals surface area contributed by atoms with Crippen LogP contribution < -0.4 is 4.90 Å². The highest BCUT2D eigenvalue weighted by molar-refractivity contribution is 6.23. The smallest absolute Gasteiger partial charge is 0.372 e. The number of hydrogen-bond acceptors (Lipinski definition) is 5. The van der Waals surface area contributed by atoms with Gasteiger partial charge in [0.05, 0.1) is 52.5 Å². The van der Waals surface area contributed by atoms with Gasteiger partial charge in [-0.2, -0.15) is 18.4 Å². The van der Waals surface area contributed by atoms with Crippen molar-refractivity contribution in [2.24, 2.45) is 11.8 Å². The summed E-state index contributed by atoms with van der Waals surface area (Å²) in [6.07, 6.45) is -4.91. The lowest BCUT2D eigenvalue weighted by Crippen LogP contribution is -2.50. The van der Waals surface area contributed by atoms with Gasteiger partial charge in [0.2, 0.25) is 11.8 Å². The molecule has 30 heavy (non-hydrogen) atoms. The summed E-state index contributed by atoms with van der Waals surface area (Å²) in [6.45, 7) is 7.19. The topological polar surface area (TPSA) is 79.6 Å². The van der Waals surface area contributed by atoms with Gasteiger partial charge in [-0.15, -0.1) is 0 Å². The van der Waals surface area contributed by atoms with Crippen molar-refractivity contribution in [2.75, 3.05) is 4.90 Å². The first-order chi connectivity index (χ1) is 13.8. The molecule has 2 amide bonds. The van der Waals surface area contributed by atoms with Crippen molar-refractivity contribution in [3.05, 3.63) is 29.3 Å². The van der Waals surface area contributed by atoms with Gasteiger partial charge in [0.1, 0.15) is 5.60 Å². The number of nitriles is 1. The lowest BCUT2D eigenvalue weighted by atomic mass is 9.67. The number of carbonyl (C=O) groups is 2. The largest absolute Gasteiger partial charge is 0.417 e. The van der Waals surface area contributed by atoms with Crippen LogP contribution in [0.4, 0.5) is 18.9 Å². The van der Waals surface area contributed by atoms with Crippen molar-refractivity contribution >= 4 is 17.5 Å². The molecular formula is C21H21F3N2O4. The molecule has 5 atom stereocenters. The average molecular weight is 422 g/mol. The van der Waals surface area contributed by atoms with E-state index in [1.165, 1.54) is 12.1 Å². The Balaban J connectivity index is 1.76. The first-order valence-corrected chi connectivity index (χ1v) is 9.68. The fourth-order valence-electron chi connectivity index (χ4n) is 5.27. The molecule has 3 heterocycles. The van der Waals surface area contributed by atoms with Gasteiger partial charge in [-0.1, -0.05) is 0 Å². The minimum absolute atomic E-state index is 0.118. The Hall–Kier alpha value is -2.44. The number of carbonyl (C=O) groups excluding carboxylic acids is 2. The molecule has 4 rings (SSSR count). The van der Waals surface area contributed by atoms with Crippen molar-refractivity contribution in [3.8, 4) is 6.07 Å². The summed E-state index contributed by atoms with van der Waals surface area (Å²) >= 11 is 0. The first-order valence-electron chi connectivity index (χ1n) is 9.68. The Morgan fingerprint density at radius 2 is 1.87 bits per heavy atom. The molecule has 3 aliphatic heterocycles. The monoisotopic (exact) mass is 422 g/mol. The summed E-state index contributed by atoms with van der Waals surface area (Å²) in [5, 5.41) is 8.99. The Bertz CT molecular complexity index is 985. The maximum atomic E-state index is 13.4. The maximum Gasteiger partial charge on any atom is 0.417 e. The van der Waals surface area contributed by atoms with E-state index >= 15 is 0 Å². The lowest BCUT2D eigenvalue weighted by Gasteiger charge is -2.36. The van der Waals surface area contributed by atoms with E-state index in [-0.39, 0.29) is 11.8 Å². The van der Waals surface area contributed by atoms with E-state index in [4.69, 9.17) is 14.7 Å². The number of nitrogens with zero attached hydrogens (tertiary/aromatic N) is 2. The molecule has 3 aliphatic rings. The van der Waals surface area contributed by atoms with Gasteiger partial charge >= 0.3 is 6.18 Å². The molecule has 0 aliphatic carbocycles. The van der Waals surface area contributed by atoms with Crippen LogP contribution in [0.15, 0.2) is 18.2 Å². The van der Waals surface area contributed by atoms with Gasteiger partial charge < -0.3 is 9.47 Å². The first kappa shape index (κ1) is 20.8. The van der Waals surface area contributed by atoms with Crippen molar-refractivity contribution < 1.29 is 32.2 Å². The number of alkyl halides is 3. The molecule has 0 radical (unpaired) electrons. The molecule has 0 aromatic heterocycles. The summed E-state index contributed by atoms with van der Waals surface area (Å²) < 4.78 is 52.2. The number of halogens is 3. The van der Waals surface area contributed by atoms with Crippen molar-refractivity contribution in [1.82, 2.24) is 0 Å². The Morgan fingerprint density at radius 3 is 2.43 bits per heavy atom. The normalized spacial score (nSPS) is 35.3. The number of rotatable bonds is 3. The van der Waals surface area contributed by atoms with Crippen LogP contribution in [-0.4, -0.2) is 35.2 Å². The zero-order valence-corrected chi connectivity index (χ0v) is 16.9. The minimum atomic E-state index is -4.79. The SMILES string of the molecule is CC(C)O[C@H]1C[C@@]2(C)O[C@]1(C)[C@H]1C(=O)N(c3ccc(C#N)c(C(F)(F)F)c3)C(=O)[C@H]12. The number of anilines is 1. The van der Waals surface area contributed by atoms with Crippen LogP contribution in [0.25, 0.3) is 0 Å². The summed E-state index contributed by atoms with van der Waals surface area (Å²) in [4.78, 5) is 27.3. The van der Waals surface area contributed by atoms with E-state index in [2.05, 4.69) is 0 Å². The van der Waals surface area contributed by atoms with Crippen LogP contribution in [0.1, 0.15) is 45.2 Å². The number of hydrogen-bond donors (Lipinski definition) is 0. The second-order valence-corrected chi connectivity index (χ2v) is 8.78. The van der Waals surface area contributed by atoms with E-state index in [9.17, 15) is 22.8 Å². The third-order valence-corrected chi connectivity index (χ3v) is 6.39.